The van der Waals surface area contributed by atoms with Crippen LogP contribution in [-0.4, -0.2) is 88.4 Å². The van der Waals surface area contributed by atoms with Crippen molar-refractivity contribution in [3.8, 4) is 17.2 Å². The Morgan fingerprint density at radius 2 is 1.54 bits per heavy atom. The van der Waals surface area contributed by atoms with Crippen LogP contribution in [0.4, 0.5) is 10.5 Å². The van der Waals surface area contributed by atoms with Gasteiger partial charge in [0, 0.05) is 26.7 Å². The second-order valence-corrected chi connectivity index (χ2v) is 8.77. The van der Waals surface area contributed by atoms with E-state index in [4.69, 9.17) is 18.9 Å². The SMILES string of the molecule is COc1cc(/C=C/C(=O)CC(=O)/C=C/c2ccc(N(C)C(=O)OCCN3CCOCC3)c(OC)c2)ccc1O. The number of ether oxygens (including phenoxy) is 4. The van der Waals surface area contributed by atoms with Crippen molar-refractivity contribution >= 4 is 35.5 Å². The highest BCUT2D eigenvalue weighted by molar-refractivity contribution is 6.11. The van der Waals surface area contributed by atoms with Crippen molar-refractivity contribution in [2.75, 3.05) is 65.6 Å². The van der Waals surface area contributed by atoms with Gasteiger partial charge in [0.2, 0.25) is 0 Å². The molecule has 1 fully saturated rings. The molecular formula is C29H34N2O8. The zero-order chi connectivity index (χ0) is 28.2. The molecule has 39 heavy (non-hydrogen) atoms. The molecule has 10 nitrogen and oxygen atoms in total. The first-order valence-corrected chi connectivity index (χ1v) is 12.5. The number of carbonyl (C=O) groups excluding carboxylic acids is 3. The van der Waals surface area contributed by atoms with Gasteiger partial charge in [0.25, 0.3) is 0 Å². The molecule has 1 amide bonds. The maximum Gasteiger partial charge on any atom is 0.414 e. The number of carbonyl (C=O) groups is 3. The molecule has 0 unspecified atom stereocenters. The molecule has 0 spiro atoms. The number of benzene rings is 2. The lowest BCUT2D eigenvalue weighted by Gasteiger charge is -2.26. The maximum atomic E-state index is 12.5. The standard InChI is InChI=1S/C29H34N2O8/c1-30(29(35)39-17-14-31-12-15-38-16-13-31)25-10-6-21(18-27(25)36-2)4-8-23(32)20-24(33)9-5-22-7-11-26(34)28(19-22)37-3/h4-11,18-19,34H,12-17,20H2,1-3H3/b8-4+,9-5+. The lowest BCUT2D eigenvalue weighted by molar-refractivity contribution is -0.121. The number of phenols is 1. The maximum absolute atomic E-state index is 12.5. The predicted molar refractivity (Wildman–Crippen MR) is 147 cm³/mol. The van der Waals surface area contributed by atoms with Gasteiger partial charge in [-0.25, -0.2) is 4.79 Å². The van der Waals surface area contributed by atoms with E-state index in [9.17, 15) is 19.5 Å². The Morgan fingerprint density at radius 3 is 2.15 bits per heavy atom. The van der Waals surface area contributed by atoms with E-state index in [2.05, 4.69) is 4.90 Å². The van der Waals surface area contributed by atoms with E-state index in [1.807, 2.05) is 0 Å². The third-order valence-corrected chi connectivity index (χ3v) is 6.05. The first-order valence-electron chi connectivity index (χ1n) is 12.5. The van der Waals surface area contributed by atoms with Crippen LogP contribution in [0.15, 0.2) is 48.6 Å². The number of morpholine rings is 1. The van der Waals surface area contributed by atoms with Crippen LogP contribution in [0.1, 0.15) is 17.5 Å². The van der Waals surface area contributed by atoms with Gasteiger partial charge in [-0.3, -0.25) is 19.4 Å². The quantitative estimate of drug-likeness (QED) is 0.320. The molecule has 1 N–H and O–H groups in total. The van der Waals surface area contributed by atoms with Crippen molar-refractivity contribution in [2.45, 2.75) is 6.42 Å². The minimum atomic E-state index is -0.502. The molecule has 10 heteroatoms. The fraction of sp³-hybridized carbons (Fsp3) is 0.345. The Bertz CT molecular complexity index is 1220. The Hall–Kier alpha value is -4.15. The van der Waals surface area contributed by atoms with Crippen LogP contribution in [0.2, 0.25) is 0 Å². The molecule has 1 aliphatic heterocycles. The molecule has 2 aromatic carbocycles. The van der Waals surface area contributed by atoms with E-state index in [0.29, 0.717) is 42.3 Å². The highest BCUT2D eigenvalue weighted by Crippen LogP contribution is 2.30. The molecule has 0 atom stereocenters. The number of rotatable bonds is 12. The van der Waals surface area contributed by atoms with Gasteiger partial charge in [-0.15, -0.1) is 0 Å². The van der Waals surface area contributed by atoms with Gasteiger partial charge in [0.15, 0.2) is 23.1 Å². The minimum Gasteiger partial charge on any atom is -0.504 e. The molecule has 208 valence electrons. The second kappa shape index (κ2) is 14.7. The highest BCUT2D eigenvalue weighted by atomic mass is 16.6. The summed E-state index contributed by atoms with van der Waals surface area (Å²) < 4.78 is 21.2. The van der Waals surface area contributed by atoms with Gasteiger partial charge < -0.3 is 24.1 Å². The van der Waals surface area contributed by atoms with Crippen LogP contribution in [0, 0.1) is 0 Å². The summed E-state index contributed by atoms with van der Waals surface area (Å²) in [6, 6.07) is 9.80. The van der Waals surface area contributed by atoms with Crippen LogP contribution in [0.5, 0.6) is 17.2 Å². The van der Waals surface area contributed by atoms with Crippen LogP contribution in [-0.2, 0) is 19.1 Å². The van der Waals surface area contributed by atoms with Crippen molar-refractivity contribution in [2.24, 2.45) is 0 Å². The van der Waals surface area contributed by atoms with Gasteiger partial charge in [-0.1, -0.05) is 24.3 Å². The van der Waals surface area contributed by atoms with Crippen molar-refractivity contribution in [3.05, 3.63) is 59.7 Å². The monoisotopic (exact) mass is 538 g/mol. The smallest absolute Gasteiger partial charge is 0.414 e. The molecule has 1 saturated heterocycles. The predicted octanol–water partition coefficient (Wildman–Crippen LogP) is 3.57. The molecular weight excluding hydrogens is 504 g/mol. The fourth-order valence-electron chi connectivity index (χ4n) is 3.82. The summed E-state index contributed by atoms with van der Waals surface area (Å²) in [5, 5.41) is 9.65. The van der Waals surface area contributed by atoms with Crippen molar-refractivity contribution in [1.82, 2.24) is 4.90 Å². The number of nitrogens with zero attached hydrogens (tertiary/aromatic N) is 2. The lowest BCUT2D eigenvalue weighted by Crippen LogP contribution is -2.39. The van der Waals surface area contributed by atoms with Crippen LogP contribution < -0.4 is 14.4 Å². The molecule has 0 aliphatic carbocycles. The topological polar surface area (TPSA) is 115 Å². The summed E-state index contributed by atoms with van der Waals surface area (Å²) in [6.07, 6.45) is 4.97. The van der Waals surface area contributed by atoms with E-state index in [-0.39, 0.29) is 36.1 Å². The Labute approximate surface area is 228 Å². The molecule has 0 aromatic heterocycles. The number of amides is 1. The molecule has 0 bridgehead atoms. The van der Waals surface area contributed by atoms with Gasteiger partial charge in [-0.2, -0.15) is 0 Å². The molecule has 3 rings (SSSR count). The van der Waals surface area contributed by atoms with Crippen molar-refractivity contribution < 1.29 is 38.4 Å². The highest BCUT2D eigenvalue weighted by Gasteiger charge is 2.18. The van der Waals surface area contributed by atoms with Gasteiger partial charge in [0.1, 0.15) is 12.4 Å². The van der Waals surface area contributed by atoms with Crippen LogP contribution >= 0.6 is 0 Å². The molecule has 1 heterocycles. The van der Waals surface area contributed by atoms with E-state index < -0.39 is 6.09 Å². The van der Waals surface area contributed by atoms with E-state index >= 15 is 0 Å². The van der Waals surface area contributed by atoms with Crippen LogP contribution in [0.3, 0.4) is 0 Å². The van der Waals surface area contributed by atoms with Gasteiger partial charge in [-0.05, 0) is 47.5 Å². The number of hydrogen-bond donors (Lipinski definition) is 1. The Morgan fingerprint density at radius 1 is 0.949 bits per heavy atom. The molecule has 0 saturated carbocycles. The Kier molecular flexibility index (Phi) is 11.1. The average molecular weight is 539 g/mol. The number of methoxy groups -OCH3 is 2. The zero-order valence-corrected chi connectivity index (χ0v) is 22.4. The summed E-state index contributed by atoms with van der Waals surface area (Å²) >= 11 is 0. The number of hydrogen-bond acceptors (Lipinski definition) is 9. The van der Waals surface area contributed by atoms with Gasteiger partial charge in [0.05, 0.1) is 39.5 Å². The van der Waals surface area contributed by atoms with E-state index in [1.54, 1.807) is 49.5 Å². The van der Waals surface area contributed by atoms with E-state index in [0.717, 1.165) is 13.1 Å². The molecule has 2 aromatic rings. The summed E-state index contributed by atoms with van der Waals surface area (Å²) in [6.45, 7) is 3.91. The first-order chi connectivity index (χ1) is 18.8. The zero-order valence-electron chi connectivity index (χ0n) is 22.4. The molecule has 0 radical (unpaired) electrons. The summed E-state index contributed by atoms with van der Waals surface area (Å²) in [4.78, 5) is 40.6. The number of allylic oxidation sites excluding steroid dienone is 2. The number of aromatic hydroxyl groups is 1. The van der Waals surface area contributed by atoms with E-state index in [1.165, 1.54) is 37.3 Å². The summed E-state index contributed by atoms with van der Waals surface area (Å²) in [5.41, 5.74) is 1.83. The second-order valence-electron chi connectivity index (χ2n) is 8.77. The third kappa shape index (κ3) is 8.98. The van der Waals surface area contributed by atoms with Crippen molar-refractivity contribution in [3.63, 3.8) is 0 Å². The number of anilines is 1. The lowest BCUT2D eigenvalue weighted by atomic mass is 10.1. The fourth-order valence-corrected chi connectivity index (χ4v) is 3.82. The number of ketones is 2. The largest absolute Gasteiger partial charge is 0.504 e. The first kappa shape index (κ1) is 29.4. The normalized spacial score (nSPS) is 13.9. The third-order valence-electron chi connectivity index (χ3n) is 6.05. The minimum absolute atomic E-state index is 0.00277. The average Bonchev–Trinajstić information content (AvgIpc) is 2.95. The van der Waals surface area contributed by atoms with Gasteiger partial charge >= 0.3 is 6.09 Å². The van der Waals surface area contributed by atoms with Crippen LogP contribution in [0.25, 0.3) is 12.2 Å². The Balaban J connectivity index is 1.53. The summed E-state index contributed by atoms with van der Waals surface area (Å²) in [7, 11) is 4.52. The molecule has 1 aliphatic rings. The van der Waals surface area contributed by atoms with Crippen molar-refractivity contribution in [1.29, 1.82) is 0 Å². The number of phenolic OH excluding ortho intramolecular Hbond substituents is 1. The summed E-state index contributed by atoms with van der Waals surface area (Å²) in [5.74, 6) is -0.00943.